The van der Waals surface area contributed by atoms with Crippen LogP contribution < -0.4 is 10.6 Å². The largest absolute Gasteiger partial charge is 0.454 e. The number of thiophene rings is 1. The molecule has 27 heavy (non-hydrogen) atoms. The zero-order valence-electron chi connectivity index (χ0n) is 14.5. The van der Waals surface area contributed by atoms with E-state index >= 15 is 0 Å². The highest BCUT2D eigenvalue weighted by Crippen LogP contribution is 2.36. The van der Waals surface area contributed by atoms with Crippen LogP contribution in [0.5, 0.6) is 0 Å². The summed E-state index contributed by atoms with van der Waals surface area (Å²) in [4.78, 5) is 13.5. The Morgan fingerprint density at radius 3 is 3.11 bits per heavy atom. The Hall–Kier alpha value is -2.41. The van der Waals surface area contributed by atoms with E-state index in [0.29, 0.717) is 27.3 Å². The van der Waals surface area contributed by atoms with E-state index in [1.807, 2.05) is 12.1 Å². The number of rotatable bonds is 4. The van der Waals surface area contributed by atoms with Crippen molar-refractivity contribution in [3.05, 3.63) is 56.5 Å². The number of carbonyl (C=O) groups excluding carboxylic acids is 1. The highest BCUT2D eigenvalue weighted by molar-refractivity contribution is 9.10. The molecule has 0 spiro atoms. The van der Waals surface area contributed by atoms with Gasteiger partial charge in [0.1, 0.15) is 16.8 Å². The Morgan fingerprint density at radius 2 is 2.44 bits per heavy atom. The van der Waals surface area contributed by atoms with E-state index < -0.39 is 0 Å². The van der Waals surface area contributed by atoms with Crippen LogP contribution in [0.3, 0.4) is 0 Å². The number of nitrogens with zero attached hydrogens (tertiary/aromatic N) is 3. The predicted octanol–water partition coefficient (Wildman–Crippen LogP) is 3.22. The molecule has 1 unspecified atom stereocenters. The number of carbonyl (C=O) groups is 1. The predicted molar refractivity (Wildman–Crippen MR) is 105 cm³/mol. The maximum Gasteiger partial charge on any atom is 0.259 e. The molecular weight excluding hydrogens is 430 g/mol. The van der Waals surface area contributed by atoms with Crippen LogP contribution in [0, 0.1) is 11.3 Å². The molecule has 1 aliphatic rings. The number of nitrogens with one attached hydrogen (secondary N) is 2. The quantitative estimate of drug-likeness (QED) is 0.642. The van der Waals surface area contributed by atoms with Gasteiger partial charge in [-0.1, -0.05) is 0 Å². The fraction of sp³-hybridized carbons (Fsp3) is 0.278. The molecule has 4 heterocycles. The average Bonchev–Trinajstić information content (AvgIpc) is 3.33. The third kappa shape index (κ3) is 3.69. The molecule has 1 amide bonds. The molecule has 1 aliphatic heterocycles. The normalized spacial score (nSPS) is 16.0. The van der Waals surface area contributed by atoms with Gasteiger partial charge in [-0.25, -0.2) is 0 Å². The summed E-state index contributed by atoms with van der Waals surface area (Å²) in [6.07, 6.45) is 4.61. The third-order valence-electron chi connectivity index (χ3n) is 4.47. The van der Waals surface area contributed by atoms with Gasteiger partial charge in [-0.3, -0.25) is 9.48 Å². The molecule has 4 rings (SSSR count). The van der Waals surface area contributed by atoms with Crippen molar-refractivity contribution in [2.75, 3.05) is 5.32 Å². The minimum atomic E-state index is -0.261. The van der Waals surface area contributed by atoms with Crippen molar-refractivity contribution in [3.8, 4) is 6.07 Å². The fourth-order valence-electron chi connectivity index (χ4n) is 3.20. The molecule has 0 bridgehead atoms. The van der Waals surface area contributed by atoms with Gasteiger partial charge in [0, 0.05) is 37.1 Å². The maximum absolute atomic E-state index is 12.4. The van der Waals surface area contributed by atoms with Crippen molar-refractivity contribution >= 4 is 38.2 Å². The second-order valence-electron chi connectivity index (χ2n) is 6.37. The zero-order chi connectivity index (χ0) is 19.0. The Bertz CT molecular complexity index is 1040. The molecule has 3 aromatic heterocycles. The molecule has 9 heteroatoms. The lowest BCUT2D eigenvalue weighted by molar-refractivity contribution is 0.102. The average molecular weight is 446 g/mol. The number of nitriles is 1. The first-order valence-corrected chi connectivity index (χ1v) is 9.96. The van der Waals surface area contributed by atoms with Crippen LogP contribution in [0.15, 0.2) is 33.6 Å². The van der Waals surface area contributed by atoms with Crippen molar-refractivity contribution in [3.63, 3.8) is 0 Å². The van der Waals surface area contributed by atoms with E-state index in [0.717, 1.165) is 29.0 Å². The van der Waals surface area contributed by atoms with Crippen LogP contribution in [0.1, 0.15) is 32.1 Å². The van der Waals surface area contributed by atoms with E-state index in [9.17, 15) is 10.1 Å². The molecule has 0 radical (unpaired) electrons. The summed E-state index contributed by atoms with van der Waals surface area (Å²) in [7, 11) is 1.75. The third-order valence-corrected chi connectivity index (χ3v) is 6.05. The van der Waals surface area contributed by atoms with Crippen LogP contribution in [0.2, 0.25) is 0 Å². The standard InChI is InChI=1S/C18H16BrN5O2S/c1-24-9-10(7-22-24)17(25)23-18-14(6-20)13-5-11(21-8-15(13)27-18)4-12-2-3-16(19)26-12/h2-3,7,9,11,21H,4-5,8H2,1H3,(H,23,25). The minimum absolute atomic E-state index is 0.180. The fourth-order valence-corrected chi connectivity index (χ4v) is 4.66. The van der Waals surface area contributed by atoms with E-state index in [1.165, 1.54) is 17.5 Å². The lowest BCUT2D eigenvalue weighted by atomic mass is 9.96. The van der Waals surface area contributed by atoms with E-state index in [4.69, 9.17) is 4.42 Å². The van der Waals surface area contributed by atoms with Crippen molar-refractivity contribution in [2.45, 2.75) is 25.4 Å². The second-order valence-corrected chi connectivity index (χ2v) is 8.26. The highest BCUT2D eigenvalue weighted by atomic mass is 79.9. The van der Waals surface area contributed by atoms with Gasteiger partial charge in [-0.05, 0) is 40.0 Å². The van der Waals surface area contributed by atoms with Gasteiger partial charge in [0.25, 0.3) is 5.91 Å². The second kappa shape index (κ2) is 7.31. The number of anilines is 1. The summed E-state index contributed by atoms with van der Waals surface area (Å²) in [6, 6.07) is 6.27. The number of aromatic nitrogens is 2. The molecule has 1 atom stereocenters. The summed E-state index contributed by atoms with van der Waals surface area (Å²) >= 11 is 4.77. The smallest absolute Gasteiger partial charge is 0.259 e. The molecule has 2 N–H and O–H groups in total. The van der Waals surface area contributed by atoms with Crippen molar-refractivity contribution in [2.24, 2.45) is 7.05 Å². The first-order chi connectivity index (χ1) is 13.0. The van der Waals surface area contributed by atoms with Crippen LogP contribution in [-0.4, -0.2) is 21.7 Å². The van der Waals surface area contributed by atoms with Gasteiger partial charge in [0.15, 0.2) is 4.67 Å². The maximum atomic E-state index is 12.4. The molecule has 0 fully saturated rings. The van der Waals surface area contributed by atoms with Crippen molar-refractivity contribution in [1.82, 2.24) is 15.1 Å². The molecule has 0 saturated heterocycles. The number of amides is 1. The number of hydrogen-bond acceptors (Lipinski definition) is 6. The molecule has 7 nitrogen and oxygen atoms in total. The van der Waals surface area contributed by atoms with Gasteiger partial charge in [-0.2, -0.15) is 10.4 Å². The Labute approximate surface area is 168 Å². The molecule has 3 aromatic rings. The molecule has 138 valence electrons. The first kappa shape index (κ1) is 18.0. The first-order valence-electron chi connectivity index (χ1n) is 8.35. The molecule has 0 saturated carbocycles. The van der Waals surface area contributed by atoms with Gasteiger partial charge in [0.2, 0.25) is 0 Å². The minimum Gasteiger partial charge on any atom is -0.454 e. The van der Waals surface area contributed by atoms with Crippen LogP contribution in [0.4, 0.5) is 5.00 Å². The molecule has 0 aromatic carbocycles. The Balaban J connectivity index is 1.53. The van der Waals surface area contributed by atoms with E-state index in [2.05, 4.69) is 37.7 Å². The SMILES string of the molecule is Cn1cc(C(=O)Nc2sc3c(c2C#N)CC(Cc2ccc(Br)o2)NC3)cn1. The van der Waals surface area contributed by atoms with Crippen molar-refractivity contribution < 1.29 is 9.21 Å². The summed E-state index contributed by atoms with van der Waals surface area (Å²) in [5.41, 5.74) is 2.03. The number of fused-ring (bicyclic) bond motifs is 1. The summed E-state index contributed by atoms with van der Waals surface area (Å²) in [6.45, 7) is 0.671. The van der Waals surface area contributed by atoms with Crippen LogP contribution in [0.25, 0.3) is 0 Å². The van der Waals surface area contributed by atoms with E-state index in [1.54, 1.807) is 17.9 Å². The number of halogens is 1. The van der Waals surface area contributed by atoms with Crippen molar-refractivity contribution in [1.29, 1.82) is 5.26 Å². The van der Waals surface area contributed by atoms with Crippen LogP contribution >= 0.6 is 27.3 Å². The monoisotopic (exact) mass is 445 g/mol. The van der Waals surface area contributed by atoms with E-state index in [-0.39, 0.29) is 11.9 Å². The number of furan rings is 1. The van der Waals surface area contributed by atoms with Gasteiger partial charge < -0.3 is 15.1 Å². The lowest BCUT2D eigenvalue weighted by Gasteiger charge is -2.23. The molecule has 0 aliphatic carbocycles. The van der Waals surface area contributed by atoms with Gasteiger partial charge in [-0.15, -0.1) is 11.3 Å². The van der Waals surface area contributed by atoms with Gasteiger partial charge >= 0.3 is 0 Å². The molecular formula is C18H16BrN5O2S. The number of aryl methyl sites for hydroxylation is 1. The Morgan fingerprint density at radius 1 is 1.59 bits per heavy atom. The zero-order valence-corrected chi connectivity index (χ0v) is 16.9. The topological polar surface area (TPSA) is 95.9 Å². The van der Waals surface area contributed by atoms with Gasteiger partial charge in [0.05, 0.1) is 17.3 Å². The summed E-state index contributed by atoms with van der Waals surface area (Å²) < 4.78 is 7.87. The summed E-state index contributed by atoms with van der Waals surface area (Å²) in [5, 5.41) is 20.6. The Kier molecular flexibility index (Phi) is 4.86. The lowest BCUT2D eigenvalue weighted by Crippen LogP contribution is -2.36. The summed E-state index contributed by atoms with van der Waals surface area (Å²) in [5.74, 6) is 0.629. The number of hydrogen-bond donors (Lipinski definition) is 2. The van der Waals surface area contributed by atoms with Crippen LogP contribution in [-0.2, 0) is 26.4 Å². The highest BCUT2D eigenvalue weighted by Gasteiger charge is 2.27.